The van der Waals surface area contributed by atoms with Gasteiger partial charge in [0.05, 0.1) is 36.3 Å². The van der Waals surface area contributed by atoms with Gasteiger partial charge in [-0.25, -0.2) is 9.79 Å². The van der Waals surface area contributed by atoms with Crippen molar-refractivity contribution in [3.05, 3.63) is 57.8 Å². The SMILES string of the molecule is CCOC(=O)C1CCN(C(=O)CC2=CSC3=NC(C)=C(C(=O)OC(C)(C)C)C(c4ccccc4C)N23)CC1. The number of carbonyl (C=O) groups is 3. The van der Waals surface area contributed by atoms with Gasteiger partial charge in [0, 0.05) is 18.8 Å². The third-order valence-electron chi connectivity index (χ3n) is 6.90. The number of rotatable bonds is 6. The van der Waals surface area contributed by atoms with Gasteiger partial charge in [0.15, 0.2) is 5.17 Å². The average molecular weight is 540 g/mol. The molecule has 1 fully saturated rings. The van der Waals surface area contributed by atoms with Crippen LogP contribution < -0.4 is 0 Å². The van der Waals surface area contributed by atoms with E-state index in [1.165, 1.54) is 11.8 Å². The fourth-order valence-corrected chi connectivity index (χ4v) is 6.01. The Bertz CT molecular complexity index is 1200. The summed E-state index contributed by atoms with van der Waals surface area (Å²) in [4.78, 5) is 47.6. The first-order chi connectivity index (χ1) is 18.0. The summed E-state index contributed by atoms with van der Waals surface area (Å²) in [5.41, 5.74) is 3.25. The molecule has 4 rings (SSSR count). The van der Waals surface area contributed by atoms with E-state index in [2.05, 4.69) is 0 Å². The van der Waals surface area contributed by atoms with Crippen molar-refractivity contribution in [2.45, 2.75) is 72.4 Å². The molecule has 0 aliphatic carbocycles. The Morgan fingerprint density at radius 1 is 1.11 bits per heavy atom. The predicted molar refractivity (Wildman–Crippen MR) is 148 cm³/mol. The van der Waals surface area contributed by atoms with Crippen LogP contribution in [-0.2, 0) is 23.9 Å². The van der Waals surface area contributed by atoms with Crippen molar-refractivity contribution >= 4 is 34.8 Å². The lowest BCUT2D eigenvalue weighted by molar-refractivity contribution is -0.151. The molecule has 0 saturated carbocycles. The van der Waals surface area contributed by atoms with E-state index in [1.54, 1.807) is 6.92 Å². The molecule has 0 bridgehead atoms. The van der Waals surface area contributed by atoms with Crippen LogP contribution in [0.3, 0.4) is 0 Å². The second kappa shape index (κ2) is 11.4. The fraction of sp³-hybridized carbons (Fsp3) is 0.517. The van der Waals surface area contributed by atoms with Gasteiger partial charge in [-0.3, -0.25) is 9.59 Å². The molecule has 1 aromatic rings. The summed E-state index contributed by atoms with van der Waals surface area (Å²) in [6, 6.07) is 7.51. The van der Waals surface area contributed by atoms with Gasteiger partial charge >= 0.3 is 11.9 Å². The van der Waals surface area contributed by atoms with Gasteiger partial charge in [0.1, 0.15) is 5.60 Å². The maximum absolute atomic E-state index is 13.5. The van der Waals surface area contributed by atoms with Crippen molar-refractivity contribution in [2.75, 3.05) is 19.7 Å². The van der Waals surface area contributed by atoms with Crippen molar-refractivity contribution in [1.82, 2.24) is 9.80 Å². The minimum absolute atomic E-state index is 0.00552. The van der Waals surface area contributed by atoms with E-state index in [0.29, 0.717) is 43.8 Å². The highest BCUT2D eigenvalue weighted by atomic mass is 32.2. The summed E-state index contributed by atoms with van der Waals surface area (Å²) in [5.74, 6) is -0.749. The Kier molecular flexibility index (Phi) is 8.35. The van der Waals surface area contributed by atoms with Crippen molar-refractivity contribution in [1.29, 1.82) is 0 Å². The van der Waals surface area contributed by atoms with Gasteiger partial charge in [-0.05, 0) is 70.9 Å². The highest BCUT2D eigenvalue weighted by Gasteiger charge is 2.42. The summed E-state index contributed by atoms with van der Waals surface area (Å²) in [6.07, 6.45) is 1.38. The summed E-state index contributed by atoms with van der Waals surface area (Å²) in [5, 5.41) is 2.70. The number of carbonyl (C=O) groups excluding carboxylic acids is 3. The summed E-state index contributed by atoms with van der Waals surface area (Å²) in [7, 11) is 0. The number of amides is 1. The first-order valence-electron chi connectivity index (χ1n) is 13.2. The third kappa shape index (κ3) is 5.98. The molecule has 1 atom stereocenters. The number of ether oxygens (including phenoxy) is 2. The highest BCUT2D eigenvalue weighted by Crippen LogP contribution is 2.46. The van der Waals surface area contributed by atoms with Gasteiger partial charge in [-0.2, -0.15) is 0 Å². The maximum atomic E-state index is 13.5. The lowest BCUT2D eigenvalue weighted by Gasteiger charge is -2.38. The number of hydrogen-bond donors (Lipinski definition) is 0. The van der Waals surface area contributed by atoms with Crippen LogP contribution in [0.4, 0.5) is 0 Å². The number of piperidine rings is 1. The topological polar surface area (TPSA) is 88.5 Å². The molecule has 0 N–H and O–H groups in total. The molecule has 0 radical (unpaired) electrons. The van der Waals surface area contributed by atoms with E-state index >= 15 is 0 Å². The predicted octanol–water partition coefficient (Wildman–Crippen LogP) is 5.10. The smallest absolute Gasteiger partial charge is 0.338 e. The van der Waals surface area contributed by atoms with Crippen LogP contribution in [0.25, 0.3) is 0 Å². The molecule has 0 aromatic heterocycles. The van der Waals surface area contributed by atoms with Gasteiger partial charge in [-0.15, -0.1) is 0 Å². The lowest BCUT2D eigenvalue weighted by Crippen LogP contribution is -2.42. The van der Waals surface area contributed by atoms with Crippen LogP contribution in [0.5, 0.6) is 0 Å². The van der Waals surface area contributed by atoms with Gasteiger partial charge in [0.2, 0.25) is 5.91 Å². The quantitative estimate of drug-likeness (QED) is 0.465. The van der Waals surface area contributed by atoms with Crippen LogP contribution in [-0.4, -0.2) is 58.1 Å². The Morgan fingerprint density at radius 3 is 2.42 bits per heavy atom. The third-order valence-corrected chi connectivity index (χ3v) is 7.79. The van der Waals surface area contributed by atoms with Crippen molar-refractivity contribution in [3.63, 3.8) is 0 Å². The lowest BCUT2D eigenvalue weighted by atomic mass is 9.90. The van der Waals surface area contributed by atoms with Gasteiger partial charge in [-0.1, -0.05) is 36.0 Å². The van der Waals surface area contributed by atoms with Crippen molar-refractivity contribution < 1.29 is 23.9 Å². The molecule has 204 valence electrons. The molecule has 9 heteroatoms. The van der Waals surface area contributed by atoms with E-state index in [0.717, 1.165) is 22.0 Å². The van der Waals surface area contributed by atoms with E-state index in [-0.39, 0.29) is 24.2 Å². The summed E-state index contributed by atoms with van der Waals surface area (Å²) < 4.78 is 11.0. The number of aliphatic imine (C=N–C) groups is 1. The second-order valence-corrected chi connectivity index (χ2v) is 11.7. The largest absolute Gasteiger partial charge is 0.466 e. The number of fused-ring (bicyclic) bond motifs is 1. The van der Waals surface area contributed by atoms with Gasteiger partial charge in [0.25, 0.3) is 0 Å². The number of aryl methyl sites for hydroxylation is 1. The number of likely N-dealkylation sites (tertiary alicyclic amines) is 1. The molecule has 0 spiro atoms. The molecule has 1 saturated heterocycles. The van der Waals surface area contributed by atoms with E-state index in [1.807, 2.05) is 74.1 Å². The molecule has 1 aromatic carbocycles. The Morgan fingerprint density at radius 2 is 1.79 bits per heavy atom. The number of benzene rings is 1. The van der Waals surface area contributed by atoms with Crippen LogP contribution >= 0.6 is 11.8 Å². The number of allylic oxidation sites excluding steroid dienone is 1. The number of hydrogen-bond acceptors (Lipinski definition) is 8. The Balaban J connectivity index is 1.59. The number of amidine groups is 1. The standard InChI is InChI=1S/C29H37N3O5S/c1-7-36-26(34)20-12-14-31(15-13-20)23(33)16-21-17-38-28-30-19(3)24(27(35)37-29(4,5)6)25(32(21)28)22-11-9-8-10-18(22)2/h8-11,17,20,25H,7,12-16H2,1-6H3. The number of esters is 2. The zero-order valence-electron chi connectivity index (χ0n) is 23.1. The molecule has 3 aliphatic heterocycles. The summed E-state index contributed by atoms with van der Waals surface area (Å²) >= 11 is 1.46. The van der Waals surface area contributed by atoms with E-state index < -0.39 is 17.6 Å². The van der Waals surface area contributed by atoms with E-state index in [9.17, 15) is 14.4 Å². The Labute approximate surface area is 229 Å². The molecular weight excluding hydrogens is 502 g/mol. The molecule has 8 nitrogen and oxygen atoms in total. The van der Waals surface area contributed by atoms with Crippen LogP contribution in [0.15, 0.2) is 51.6 Å². The molecular formula is C29H37N3O5S. The Hall–Kier alpha value is -3.07. The van der Waals surface area contributed by atoms with Crippen molar-refractivity contribution in [2.24, 2.45) is 10.9 Å². The minimum Gasteiger partial charge on any atom is -0.466 e. The average Bonchev–Trinajstić information content (AvgIpc) is 3.24. The van der Waals surface area contributed by atoms with Crippen LogP contribution in [0, 0.1) is 12.8 Å². The minimum atomic E-state index is -0.658. The normalized spacial score (nSPS) is 20.1. The van der Waals surface area contributed by atoms with Gasteiger partial charge < -0.3 is 19.3 Å². The molecule has 3 aliphatic rings. The zero-order valence-corrected chi connectivity index (χ0v) is 23.9. The second-order valence-electron chi connectivity index (χ2n) is 10.8. The first-order valence-corrected chi connectivity index (χ1v) is 14.1. The summed E-state index contributed by atoms with van der Waals surface area (Å²) in [6.45, 7) is 12.6. The molecule has 1 amide bonds. The number of nitrogens with zero attached hydrogens (tertiary/aromatic N) is 3. The fourth-order valence-electron chi connectivity index (χ4n) is 5.04. The molecule has 38 heavy (non-hydrogen) atoms. The van der Waals surface area contributed by atoms with E-state index in [4.69, 9.17) is 14.5 Å². The first kappa shape index (κ1) is 28.0. The van der Waals surface area contributed by atoms with Crippen molar-refractivity contribution in [3.8, 4) is 0 Å². The molecule has 1 unspecified atom stereocenters. The molecule has 3 heterocycles. The monoisotopic (exact) mass is 539 g/mol. The maximum Gasteiger partial charge on any atom is 0.338 e. The number of thioether (sulfide) groups is 1. The van der Waals surface area contributed by atoms with Crippen LogP contribution in [0.1, 0.15) is 71.0 Å². The zero-order chi connectivity index (χ0) is 27.6. The highest BCUT2D eigenvalue weighted by molar-refractivity contribution is 8.16. The van der Waals surface area contributed by atoms with Crippen LogP contribution in [0.2, 0.25) is 0 Å².